The van der Waals surface area contributed by atoms with E-state index in [0.29, 0.717) is 35.0 Å². The van der Waals surface area contributed by atoms with E-state index in [9.17, 15) is 9.90 Å². The molecule has 0 fully saturated rings. The first-order chi connectivity index (χ1) is 15.0. The molecule has 0 aliphatic rings. The highest BCUT2D eigenvalue weighted by molar-refractivity contribution is 5.96. The van der Waals surface area contributed by atoms with Crippen molar-refractivity contribution >= 4 is 5.97 Å². The quantitative estimate of drug-likeness (QED) is 0.575. The number of nitrogens with zero attached hydrogens (tertiary/aromatic N) is 1. The molecule has 1 heterocycles. The molecule has 7 nitrogen and oxygen atoms in total. The molecule has 0 saturated heterocycles. The molecule has 0 amide bonds. The molecule has 3 rings (SSSR count). The lowest BCUT2D eigenvalue weighted by Crippen LogP contribution is -2.06. The number of aromatic nitrogens is 1. The topological polar surface area (TPSA) is 87.1 Å². The molecular formula is C24H25NO6. The Morgan fingerprint density at radius 1 is 0.871 bits per heavy atom. The van der Waals surface area contributed by atoms with Gasteiger partial charge in [0.25, 0.3) is 0 Å². The number of aromatic carboxylic acids is 1. The third-order valence-corrected chi connectivity index (χ3v) is 5.23. The summed E-state index contributed by atoms with van der Waals surface area (Å²) in [5, 5.41) is 9.64. The van der Waals surface area contributed by atoms with Crippen molar-refractivity contribution in [2.24, 2.45) is 0 Å². The zero-order chi connectivity index (χ0) is 22.5. The molecular weight excluding hydrogens is 398 g/mol. The molecule has 1 aromatic heterocycles. The Kier molecular flexibility index (Phi) is 6.65. The Morgan fingerprint density at radius 2 is 1.48 bits per heavy atom. The first kappa shape index (κ1) is 22.0. The zero-order valence-corrected chi connectivity index (χ0v) is 18.2. The van der Waals surface area contributed by atoms with E-state index in [2.05, 4.69) is 4.98 Å². The van der Waals surface area contributed by atoms with Gasteiger partial charge in [-0.25, -0.2) is 4.79 Å². The summed E-state index contributed by atoms with van der Waals surface area (Å²) in [5.74, 6) is 0.980. The lowest BCUT2D eigenvalue weighted by molar-refractivity contribution is 0.0697. The van der Waals surface area contributed by atoms with E-state index in [1.54, 1.807) is 59.0 Å². The fraction of sp³-hybridized carbons (Fsp3) is 0.250. The molecule has 0 aliphatic heterocycles. The zero-order valence-electron chi connectivity index (χ0n) is 18.2. The van der Waals surface area contributed by atoms with Crippen LogP contribution < -0.4 is 18.9 Å². The van der Waals surface area contributed by atoms with Crippen molar-refractivity contribution in [3.05, 3.63) is 65.0 Å². The van der Waals surface area contributed by atoms with Crippen molar-refractivity contribution in [2.45, 2.75) is 13.3 Å². The second kappa shape index (κ2) is 9.38. The average molecular weight is 423 g/mol. The molecule has 0 unspecified atom stereocenters. The van der Waals surface area contributed by atoms with Crippen LogP contribution in [0.2, 0.25) is 0 Å². The van der Waals surface area contributed by atoms with E-state index in [4.69, 9.17) is 18.9 Å². The smallest absolute Gasteiger partial charge is 0.336 e. The number of carboxylic acid groups (broad SMARTS) is 1. The predicted octanol–water partition coefficient (Wildman–Crippen LogP) is 4.38. The van der Waals surface area contributed by atoms with Gasteiger partial charge in [-0.15, -0.1) is 0 Å². The normalized spacial score (nSPS) is 10.5. The standard InChI is InChI=1S/C24H25NO6/c1-14-18(21(29-3)23(31-5)22(30-4)20(14)28-2)12-15-10-11-25-13-19(15)16-8-6-7-9-17(16)24(26)27/h6-11,13H,12H2,1-5H3,(H,26,27). The van der Waals surface area contributed by atoms with Crippen molar-refractivity contribution in [3.63, 3.8) is 0 Å². The minimum absolute atomic E-state index is 0.213. The van der Waals surface area contributed by atoms with E-state index in [1.165, 1.54) is 0 Å². The summed E-state index contributed by atoms with van der Waals surface area (Å²) >= 11 is 0. The molecule has 31 heavy (non-hydrogen) atoms. The molecule has 0 spiro atoms. The van der Waals surface area contributed by atoms with E-state index < -0.39 is 5.97 Å². The lowest BCUT2D eigenvalue weighted by Gasteiger charge is -2.22. The van der Waals surface area contributed by atoms with Crippen LogP contribution in [0.25, 0.3) is 11.1 Å². The van der Waals surface area contributed by atoms with Crippen LogP contribution in [0.4, 0.5) is 0 Å². The fourth-order valence-corrected chi connectivity index (χ4v) is 3.78. The van der Waals surface area contributed by atoms with E-state index in [1.807, 2.05) is 19.1 Å². The van der Waals surface area contributed by atoms with Gasteiger partial charge >= 0.3 is 5.97 Å². The second-order valence-corrected chi connectivity index (χ2v) is 6.80. The first-order valence-electron chi connectivity index (χ1n) is 9.59. The molecule has 0 atom stereocenters. The average Bonchev–Trinajstić information content (AvgIpc) is 2.79. The minimum atomic E-state index is -0.994. The molecule has 7 heteroatoms. The predicted molar refractivity (Wildman–Crippen MR) is 117 cm³/mol. The second-order valence-electron chi connectivity index (χ2n) is 6.80. The van der Waals surface area contributed by atoms with Crippen LogP contribution in [-0.2, 0) is 6.42 Å². The number of pyridine rings is 1. The third-order valence-electron chi connectivity index (χ3n) is 5.23. The van der Waals surface area contributed by atoms with Gasteiger partial charge in [-0.2, -0.15) is 0 Å². The van der Waals surface area contributed by atoms with Gasteiger partial charge in [0.15, 0.2) is 11.5 Å². The number of methoxy groups -OCH3 is 4. The maximum atomic E-state index is 11.8. The summed E-state index contributed by atoms with van der Waals surface area (Å²) in [5.41, 5.74) is 4.12. The molecule has 1 N–H and O–H groups in total. The maximum absolute atomic E-state index is 11.8. The van der Waals surface area contributed by atoms with Crippen LogP contribution in [-0.4, -0.2) is 44.5 Å². The Morgan fingerprint density at radius 3 is 2.10 bits per heavy atom. The number of hydrogen-bond acceptors (Lipinski definition) is 6. The Labute approximate surface area is 181 Å². The van der Waals surface area contributed by atoms with E-state index in [0.717, 1.165) is 22.3 Å². The molecule has 2 aromatic carbocycles. The number of benzene rings is 2. The Bertz CT molecular complexity index is 1110. The van der Waals surface area contributed by atoms with Crippen LogP contribution in [0, 0.1) is 6.92 Å². The fourth-order valence-electron chi connectivity index (χ4n) is 3.78. The number of rotatable bonds is 8. The van der Waals surface area contributed by atoms with Gasteiger partial charge in [-0.05, 0) is 30.2 Å². The van der Waals surface area contributed by atoms with Gasteiger partial charge in [-0.3, -0.25) is 4.98 Å². The summed E-state index contributed by atoms with van der Waals surface area (Å²) in [7, 11) is 6.23. The highest BCUT2D eigenvalue weighted by atomic mass is 16.5. The number of carboxylic acids is 1. The van der Waals surface area contributed by atoms with Crippen LogP contribution in [0.3, 0.4) is 0 Å². The van der Waals surface area contributed by atoms with Crippen molar-refractivity contribution in [1.29, 1.82) is 0 Å². The monoisotopic (exact) mass is 423 g/mol. The molecule has 0 aliphatic carbocycles. The van der Waals surface area contributed by atoms with Gasteiger partial charge in [-0.1, -0.05) is 18.2 Å². The number of ether oxygens (including phenoxy) is 4. The number of carbonyl (C=O) groups is 1. The van der Waals surface area contributed by atoms with Crippen molar-refractivity contribution < 1.29 is 28.8 Å². The summed E-state index contributed by atoms with van der Waals surface area (Å²) < 4.78 is 22.4. The van der Waals surface area contributed by atoms with Crippen LogP contribution in [0.5, 0.6) is 23.0 Å². The van der Waals surface area contributed by atoms with Crippen molar-refractivity contribution in [1.82, 2.24) is 4.98 Å². The molecule has 3 aromatic rings. The summed E-state index contributed by atoms with van der Waals surface area (Å²) in [4.78, 5) is 16.0. The summed E-state index contributed by atoms with van der Waals surface area (Å²) in [6.45, 7) is 1.92. The Hall–Kier alpha value is -3.74. The summed E-state index contributed by atoms with van der Waals surface area (Å²) in [6, 6.07) is 8.75. The van der Waals surface area contributed by atoms with Gasteiger partial charge in [0.2, 0.25) is 11.5 Å². The highest BCUT2D eigenvalue weighted by Crippen LogP contribution is 2.50. The van der Waals surface area contributed by atoms with Crippen LogP contribution in [0.15, 0.2) is 42.7 Å². The summed E-state index contributed by atoms with van der Waals surface area (Å²) in [6.07, 6.45) is 3.80. The highest BCUT2D eigenvalue weighted by Gasteiger charge is 2.26. The van der Waals surface area contributed by atoms with Gasteiger partial charge < -0.3 is 24.1 Å². The molecule has 0 radical (unpaired) electrons. The van der Waals surface area contributed by atoms with E-state index in [-0.39, 0.29) is 5.56 Å². The van der Waals surface area contributed by atoms with Crippen LogP contribution >= 0.6 is 0 Å². The first-order valence-corrected chi connectivity index (χ1v) is 9.59. The van der Waals surface area contributed by atoms with Gasteiger partial charge in [0.1, 0.15) is 0 Å². The molecule has 162 valence electrons. The molecule has 0 bridgehead atoms. The third kappa shape index (κ3) is 3.99. The number of hydrogen-bond donors (Lipinski definition) is 1. The van der Waals surface area contributed by atoms with Crippen molar-refractivity contribution in [2.75, 3.05) is 28.4 Å². The maximum Gasteiger partial charge on any atom is 0.336 e. The van der Waals surface area contributed by atoms with Gasteiger partial charge in [0.05, 0.1) is 34.0 Å². The SMILES string of the molecule is COc1c(C)c(Cc2ccncc2-c2ccccc2C(=O)O)c(OC)c(OC)c1OC. The van der Waals surface area contributed by atoms with E-state index >= 15 is 0 Å². The van der Waals surface area contributed by atoms with Gasteiger partial charge in [0, 0.05) is 35.5 Å². The molecule has 0 saturated carbocycles. The lowest BCUT2D eigenvalue weighted by atomic mass is 9.91. The largest absolute Gasteiger partial charge is 0.492 e. The van der Waals surface area contributed by atoms with Crippen LogP contribution in [0.1, 0.15) is 27.0 Å². The minimum Gasteiger partial charge on any atom is -0.492 e. The Balaban J connectivity index is 2.23. The van der Waals surface area contributed by atoms with Crippen molar-refractivity contribution in [3.8, 4) is 34.1 Å².